The van der Waals surface area contributed by atoms with Crippen molar-refractivity contribution in [1.82, 2.24) is 19.4 Å². The van der Waals surface area contributed by atoms with Crippen LogP contribution in [0.15, 0.2) is 91.5 Å². The average Bonchev–Trinajstić information content (AvgIpc) is 3.54. The van der Waals surface area contributed by atoms with Crippen LogP contribution in [0, 0.1) is 0 Å². The lowest BCUT2D eigenvalue weighted by Crippen LogP contribution is -2.30. The number of halogens is 1. The molecule has 0 fully saturated rings. The van der Waals surface area contributed by atoms with Crippen LogP contribution in [0.3, 0.4) is 0 Å². The summed E-state index contributed by atoms with van der Waals surface area (Å²) in [6.07, 6.45) is 6.88. The Morgan fingerprint density at radius 1 is 1.03 bits per heavy atom. The molecule has 2 heterocycles. The Labute approximate surface area is 221 Å². The van der Waals surface area contributed by atoms with Gasteiger partial charge in [-0.25, -0.2) is 9.78 Å². The van der Waals surface area contributed by atoms with Crippen LogP contribution < -0.4 is 5.32 Å². The lowest BCUT2D eigenvalue weighted by atomic mass is 10.00. The molecule has 0 saturated carbocycles. The number of nitrogens with one attached hydrogen (secondary N) is 1. The molecule has 0 saturated heterocycles. The van der Waals surface area contributed by atoms with E-state index in [9.17, 15) is 4.79 Å². The van der Waals surface area contributed by atoms with Crippen molar-refractivity contribution in [1.29, 1.82) is 0 Å². The maximum Gasteiger partial charge on any atom is 0.325 e. The van der Waals surface area contributed by atoms with Crippen LogP contribution in [0.1, 0.15) is 23.4 Å². The van der Waals surface area contributed by atoms with Gasteiger partial charge in [0.25, 0.3) is 0 Å². The minimum atomic E-state index is -0.158. The maximum absolute atomic E-state index is 13.3. The van der Waals surface area contributed by atoms with Crippen molar-refractivity contribution in [3.8, 4) is 11.1 Å². The summed E-state index contributed by atoms with van der Waals surface area (Å²) in [4.78, 5) is 17.6. The quantitative estimate of drug-likeness (QED) is 0.233. The highest BCUT2D eigenvalue weighted by atomic mass is 35.5. The molecule has 0 unspecified atom stereocenters. The van der Waals surface area contributed by atoms with Crippen LogP contribution in [0.5, 0.6) is 0 Å². The number of aromatic nitrogens is 3. The molecule has 5 rings (SSSR count). The first-order valence-corrected chi connectivity index (χ1v) is 12.7. The number of hydrogen-bond acceptors (Lipinski definition) is 3. The van der Waals surface area contributed by atoms with E-state index >= 15 is 0 Å². The molecule has 1 N–H and O–H groups in total. The monoisotopic (exact) mass is 512 g/mol. The van der Waals surface area contributed by atoms with Crippen LogP contribution in [0.4, 0.5) is 4.79 Å². The Morgan fingerprint density at radius 2 is 1.84 bits per heavy atom. The van der Waals surface area contributed by atoms with E-state index in [1.54, 1.807) is 11.7 Å². The number of rotatable bonds is 9. The van der Waals surface area contributed by atoms with Crippen LogP contribution in [-0.4, -0.2) is 40.4 Å². The first-order valence-electron chi connectivity index (χ1n) is 12.3. The summed E-state index contributed by atoms with van der Waals surface area (Å²) in [6, 6.07) is 24.3. The third-order valence-electron chi connectivity index (χ3n) is 6.48. The summed E-state index contributed by atoms with van der Waals surface area (Å²) >= 11 is 6.41. The smallest absolute Gasteiger partial charge is 0.325 e. The SMILES string of the molecule is COCCCNC(=O)n1cc(-c2cccc3ccccc23)cc1Cc1cncn1Cc1ccccc1Cl. The lowest BCUT2D eigenvalue weighted by Gasteiger charge is -2.12. The van der Waals surface area contributed by atoms with Gasteiger partial charge in [-0.3, -0.25) is 4.57 Å². The third-order valence-corrected chi connectivity index (χ3v) is 6.85. The fourth-order valence-corrected chi connectivity index (χ4v) is 4.78. The molecule has 6 nitrogen and oxygen atoms in total. The van der Waals surface area contributed by atoms with Gasteiger partial charge in [0, 0.05) is 61.0 Å². The maximum atomic E-state index is 13.3. The number of carbonyl (C=O) groups is 1. The first kappa shape index (κ1) is 24.8. The van der Waals surface area contributed by atoms with Crippen LogP contribution in [0.25, 0.3) is 21.9 Å². The lowest BCUT2D eigenvalue weighted by molar-refractivity contribution is 0.193. The summed E-state index contributed by atoms with van der Waals surface area (Å²) in [7, 11) is 1.66. The van der Waals surface area contributed by atoms with Gasteiger partial charge in [-0.2, -0.15) is 0 Å². The number of carbonyl (C=O) groups excluding carboxylic acids is 1. The number of ether oxygens (including phenoxy) is 1. The highest BCUT2D eigenvalue weighted by Gasteiger charge is 2.17. The van der Waals surface area contributed by atoms with Gasteiger partial charge < -0.3 is 14.6 Å². The number of benzene rings is 3. The zero-order valence-electron chi connectivity index (χ0n) is 20.7. The van der Waals surface area contributed by atoms with Gasteiger partial charge in [0.05, 0.1) is 12.9 Å². The van der Waals surface area contributed by atoms with Gasteiger partial charge in [0.15, 0.2) is 0 Å². The normalized spacial score (nSPS) is 11.2. The number of fused-ring (bicyclic) bond motifs is 1. The fraction of sp³-hybridized carbons (Fsp3) is 0.200. The standard InChI is InChI=1S/C30H29ClN4O2/c1-37-15-7-14-33-30(36)35-20-24(28-12-6-10-22-8-2-4-11-27(22)28)16-25(35)17-26-18-32-21-34(26)19-23-9-3-5-13-29(23)31/h2-6,8-13,16,18,20-21H,7,14-15,17,19H2,1H3,(H,33,36). The Morgan fingerprint density at radius 3 is 2.70 bits per heavy atom. The highest BCUT2D eigenvalue weighted by molar-refractivity contribution is 6.31. The molecule has 0 aliphatic rings. The summed E-state index contributed by atoms with van der Waals surface area (Å²) in [5.74, 6) is 0. The van der Waals surface area contributed by atoms with Crippen molar-refractivity contribution >= 4 is 28.4 Å². The molecule has 0 aliphatic carbocycles. The summed E-state index contributed by atoms with van der Waals surface area (Å²) in [5.41, 5.74) is 4.99. The highest BCUT2D eigenvalue weighted by Crippen LogP contribution is 2.31. The molecule has 0 radical (unpaired) electrons. The number of amides is 1. The summed E-state index contributed by atoms with van der Waals surface area (Å²) < 4.78 is 8.91. The molecule has 0 spiro atoms. The van der Waals surface area contributed by atoms with Crippen molar-refractivity contribution in [2.24, 2.45) is 0 Å². The van der Waals surface area contributed by atoms with Gasteiger partial charge in [-0.15, -0.1) is 0 Å². The van der Waals surface area contributed by atoms with E-state index in [0.717, 1.165) is 50.3 Å². The topological polar surface area (TPSA) is 61.1 Å². The minimum absolute atomic E-state index is 0.158. The molecule has 1 amide bonds. The molecule has 3 aromatic carbocycles. The zero-order chi connectivity index (χ0) is 25.6. The zero-order valence-corrected chi connectivity index (χ0v) is 21.5. The van der Waals surface area contributed by atoms with Gasteiger partial charge in [-0.1, -0.05) is 72.3 Å². The second-order valence-electron chi connectivity index (χ2n) is 8.98. The van der Waals surface area contributed by atoms with E-state index < -0.39 is 0 Å². The first-order chi connectivity index (χ1) is 18.1. The van der Waals surface area contributed by atoms with Gasteiger partial charge in [0.1, 0.15) is 0 Å². The second kappa shape index (κ2) is 11.5. The molecule has 7 heteroatoms. The molecular formula is C30H29ClN4O2. The molecule has 0 bridgehead atoms. The summed E-state index contributed by atoms with van der Waals surface area (Å²) in [5, 5.41) is 6.06. The predicted molar refractivity (Wildman–Crippen MR) is 148 cm³/mol. The van der Waals surface area contributed by atoms with Crippen molar-refractivity contribution in [3.63, 3.8) is 0 Å². The average molecular weight is 513 g/mol. The molecule has 188 valence electrons. The van der Waals surface area contributed by atoms with Gasteiger partial charge >= 0.3 is 6.03 Å². The third kappa shape index (κ3) is 5.61. The number of imidazole rings is 1. The Balaban J connectivity index is 1.49. The van der Waals surface area contributed by atoms with E-state index in [1.807, 2.05) is 55.1 Å². The minimum Gasteiger partial charge on any atom is -0.385 e. The van der Waals surface area contributed by atoms with E-state index in [2.05, 4.69) is 51.3 Å². The second-order valence-corrected chi connectivity index (χ2v) is 9.38. The van der Waals surface area contributed by atoms with E-state index in [-0.39, 0.29) is 6.03 Å². The molecule has 37 heavy (non-hydrogen) atoms. The van der Waals surface area contributed by atoms with Crippen LogP contribution in [0.2, 0.25) is 5.02 Å². The molecule has 5 aromatic rings. The van der Waals surface area contributed by atoms with Crippen molar-refractivity contribution in [3.05, 3.63) is 113 Å². The van der Waals surface area contributed by atoms with Crippen molar-refractivity contribution in [2.75, 3.05) is 20.3 Å². The number of methoxy groups -OCH3 is 1. The van der Waals surface area contributed by atoms with Crippen LogP contribution in [-0.2, 0) is 17.7 Å². The molecule has 0 atom stereocenters. The molecule has 2 aromatic heterocycles. The Bertz CT molecular complexity index is 1520. The molecular weight excluding hydrogens is 484 g/mol. The molecule has 0 aliphatic heterocycles. The fourth-order valence-electron chi connectivity index (χ4n) is 4.59. The van der Waals surface area contributed by atoms with Crippen molar-refractivity contribution < 1.29 is 9.53 Å². The van der Waals surface area contributed by atoms with E-state index in [4.69, 9.17) is 16.3 Å². The van der Waals surface area contributed by atoms with Crippen LogP contribution >= 0.6 is 11.6 Å². The van der Waals surface area contributed by atoms with Crippen molar-refractivity contribution in [2.45, 2.75) is 19.4 Å². The summed E-state index contributed by atoms with van der Waals surface area (Å²) in [6.45, 7) is 1.74. The van der Waals surface area contributed by atoms with E-state index in [0.29, 0.717) is 26.1 Å². The predicted octanol–water partition coefficient (Wildman–Crippen LogP) is 6.39. The van der Waals surface area contributed by atoms with E-state index in [1.165, 1.54) is 0 Å². The Kier molecular flexibility index (Phi) is 7.68. The number of hydrogen-bond donors (Lipinski definition) is 1. The van der Waals surface area contributed by atoms with Gasteiger partial charge in [0.2, 0.25) is 0 Å². The Hall–Kier alpha value is -3.87. The number of nitrogens with zero attached hydrogens (tertiary/aromatic N) is 3. The largest absolute Gasteiger partial charge is 0.385 e. The van der Waals surface area contributed by atoms with Gasteiger partial charge in [-0.05, 0) is 40.5 Å².